The molecule has 0 unspecified atom stereocenters. The van der Waals surface area contributed by atoms with Gasteiger partial charge in [0.1, 0.15) is 16.4 Å². The molecule has 13 heavy (non-hydrogen) atoms. The molecule has 4 heteroatoms. The van der Waals surface area contributed by atoms with Gasteiger partial charge in [0, 0.05) is 0 Å². The van der Waals surface area contributed by atoms with E-state index < -0.39 is 0 Å². The average Bonchev–Trinajstić information content (AvgIpc) is 2.16. The van der Waals surface area contributed by atoms with E-state index in [0.717, 1.165) is 11.0 Å². The predicted octanol–water partition coefficient (Wildman–Crippen LogP) is 2.29. The van der Waals surface area contributed by atoms with Crippen LogP contribution in [0.15, 0.2) is 24.4 Å². The van der Waals surface area contributed by atoms with Crippen LogP contribution in [0.5, 0.6) is 5.75 Å². The summed E-state index contributed by atoms with van der Waals surface area (Å²) in [6.07, 6.45) is 1.51. The number of halogens is 1. The fraction of sp³-hybridized carbons (Fsp3) is 0.111. The first kappa shape index (κ1) is 8.26. The number of benzene rings is 1. The molecule has 0 saturated heterocycles. The largest absolute Gasteiger partial charge is 0.494 e. The topological polar surface area (TPSA) is 35.0 Å². The van der Waals surface area contributed by atoms with Crippen LogP contribution in [0.2, 0.25) is 5.15 Å². The second-order valence-electron chi connectivity index (χ2n) is 2.52. The number of methoxy groups -OCH3 is 1. The van der Waals surface area contributed by atoms with Gasteiger partial charge in [-0.1, -0.05) is 17.7 Å². The third-order valence-electron chi connectivity index (χ3n) is 1.73. The number of hydrogen-bond donors (Lipinski definition) is 0. The summed E-state index contributed by atoms with van der Waals surface area (Å²) in [4.78, 5) is 8.24. The molecule has 0 bridgehead atoms. The normalized spacial score (nSPS) is 10.3. The van der Waals surface area contributed by atoms with Crippen LogP contribution < -0.4 is 4.74 Å². The molecule has 0 atom stereocenters. The maximum atomic E-state index is 5.70. The third-order valence-corrected chi connectivity index (χ3v) is 1.91. The van der Waals surface area contributed by atoms with Gasteiger partial charge in [-0.3, -0.25) is 0 Å². The Balaban J connectivity index is 2.77. The number of hydrogen-bond acceptors (Lipinski definition) is 3. The Bertz CT molecular complexity index is 445. The van der Waals surface area contributed by atoms with Crippen molar-refractivity contribution in [3.8, 4) is 5.75 Å². The van der Waals surface area contributed by atoms with Crippen molar-refractivity contribution in [2.45, 2.75) is 0 Å². The summed E-state index contributed by atoms with van der Waals surface area (Å²) in [5.74, 6) is 0.710. The smallest absolute Gasteiger partial charge is 0.148 e. The molecule has 0 fully saturated rings. The van der Waals surface area contributed by atoms with Gasteiger partial charge in [0.2, 0.25) is 0 Å². The molecule has 1 heterocycles. The van der Waals surface area contributed by atoms with Gasteiger partial charge in [-0.15, -0.1) is 0 Å². The number of ether oxygens (including phenoxy) is 1. The fourth-order valence-corrected chi connectivity index (χ4v) is 1.30. The predicted molar refractivity (Wildman–Crippen MR) is 51.1 cm³/mol. The zero-order valence-corrected chi connectivity index (χ0v) is 7.75. The van der Waals surface area contributed by atoms with Crippen molar-refractivity contribution < 1.29 is 4.74 Å². The first-order chi connectivity index (χ1) is 6.31. The van der Waals surface area contributed by atoms with Crippen LogP contribution in [0.25, 0.3) is 11.0 Å². The van der Waals surface area contributed by atoms with E-state index in [4.69, 9.17) is 16.3 Å². The van der Waals surface area contributed by atoms with Crippen LogP contribution >= 0.6 is 11.6 Å². The molecule has 0 aliphatic rings. The monoisotopic (exact) mass is 194 g/mol. The van der Waals surface area contributed by atoms with Gasteiger partial charge >= 0.3 is 0 Å². The van der Waals surface area contributed by atoms with Crippen molar-refractivity contribution in [1.29, 1.82) is 0 Å². The number of nitrogens with zero attached hydrogens (tertiary/aromatic N) is 2. The summed E-state index contributed by atoms with van der Waals surface area (Å²) in [6, 6.07) is 5.54. The molecular formula is C9H7ClN2O. The Hall–Kier alpha value is -1.35. The molecule has 0 amide bonds. The lowest BCUT2D eigenvalue weighted by atomic mass is 10.3. The Morgan fingerprint density at radius 1 is 1.38 bits per heavy atom. The van der Waals surface area contributed by atoms with Gasteiger partial charge in [0.05, 0.1) is 18.8 Å². The third kappa shape index (κ3) is 1.42. The van der Waals surface area contributed by atoms with E-state index in [2.05, 4.69) is 9.97 Å². The van der Waals surface area contributed by atoms with Crippen LogP contribution in [0.3, 0.4) is 0 Å². The Morgan fingerprint density at radius 2 is 2.23 bits per heavy atom. The zero-order chi connectivity index (χ0) is 9.26. The molecule has 0 aliphatic heterocycles. The van der Waals surface area contributed by atoms with Gasteiger partial charge in [0.25, 0.3) is 0 Å². The highest BCUT2D eigenvalue weighted by Crippen LogP contribution is 2.22. The average molecular weight is 195 g/mol. The first-order valence-electron chi connectivity index (χ1n) is 3.76. The quantitative estimate of drug-likeness (QED) is 0.699. The summed E-state index contributed by atoms with van der Waals surface area (Å²) < 4.78 is 5.12. The molecule has 0 N–H and O–H groups in total. The van der Waals surface area contributed by atoms with Crippen LogP contribution in [-0.4, -0.2) is 17.1 Å². The van der Waals surface area contributed by atoms with E-state index in [0.29, 0.717) is 10.9 Å². The lowest BCUT2D eigenvalue weighted by Gasteiger charge is -2.02. The minimum atomic E-state index is 0.390. The molecule has 1 aromatic carbocycles. The van der Waals surface area contributed by atoms with E-state index >= 15 is 0 Å². The molecule has 0 spiro atoms. The van der Waals surface area contributed by atoms with Crippen molar-refractivity contribution in [2.75, 3.05) is 7.11 Å². The minimum Gasteiger partial charge on any atom is -0.494 e. The van der Waals surface area contributed by atoms with Gasteiger partial charge < -0.3 is 4.74 Å². The Kier molecular flexibility index (Phi) is 2.02. The van der Waals surface area contributed by atoms with Crippen molar-refractivity contribution in [3.63, 3.8) is 0 Å². The highest BCUT2D eigenvalue weighted by molar-refractivity contribution is 6.29. The molecule has 66 valence electrons. The Morgan fingerprint density at radius 3 is 3.00 bits per heavy atom. The molecule has 0 aliphatic carbocycles. The van der Waals surface area contributed by atoms with Crippen LogP contribution in [0.1, 0.15) is 0 Å². The molecule has 2 rings (SSSR count). The van der Waals surface area contributed by atoms with E-state index in [1.165, 1.54) is 6.20 Å². The first-order valence-corrected chi connectivity index (χ1v) is 4.14. The number of fused-ring (bicyclic) bond motifs is 1. The molecule has 1 aromatic heterocycles. The van der Waals surface area contributed by atoms with Crippen molar-refractivity contribution in [2.24, 2.45) is 0 Å². The maximum absolute atomic E-state index is 5.70. The molecule has 2 aromatic rings. The summed E-state index contributed by atoms with van der Waals surface area (Å²) in [5.41, 5.74) is 1.47. The molecular weight excluding hydrogens is 188 g/mol. The van der Waals surface area contributed by atoms with E-state index in [1.54, 1.807) is 7.11 Å². The van der Waals surface area contributed by atoms with E-state index in [9.17, 15) is 0 Å². The Labute approximate surface area is 80.3 Å². The molecule has 0 radical (unpaired) electrons. The van der Waals surface area contributed by atoms with Gasteiger partial charge in [-0.05, 0) is 12.1 Å². The maximum Gasteiger partial charge on any atom is 0.148 e. The van der Waals surface area contributed by atoms with E-state index in [1.807, 2.05) is 18.2 Å². The molecule has 3 nitrogen and oxygen atoms in total. The highest BCUT2D eigenvalue weighted by Gasteiger charge is 2.02. The van der Waals surface area contributed by atoms with Crippen LogP contribution in [0.4, 0.5) is 0 Å². The number of aromatic nitrogens is 2. The van der Waals surface area contributed by atoms with Crippen LogP contribution in [-0.2, 0) is 0 Å². The van der Waals surface area contributed by atoms with Gasteiger partial charge in [-0.25, -0.2) is 9.97 Å². The second-order valence-corrected chi connectivity index (χ2v) is 2.91. The second kappa shape index (κ2) is 3.18. The molecule has 0 saturated carbocycles. The fourth-order valence-electron chi connectivity index (χ4n) is 1.16. The van der Waals surface area contributed by atoms with Gasteiger partial charge in [0.15, 0.2) is 0 Å². The number of para-hydroxylation sites is 1. The summed E-state index contributed by atoms with van der Waals surface area (Å²) in [6.45, 7) is 0. The SMILES string of the molecule is COc1cccc2nc(Cl)cnc12. The lowest BCUT2D eigenvalue weighted by Crippen LogP contribution is -1.89. The van der Waals surface area contributed by atoms with Crippen LogP contribution in [0, 0.1) is 0 Å². The standard InChI is InChI=1S/C9H7ClN2O/c1-13-7-4-2-3-6-9(7)11-5-8(10)12-6/h2-5H,1H3. The van der Waals surface area contributed by atoms with Crippen molar-refractivity contribution in [3.05, 3.63) is 29.5 Å². The van der Waals surface area contributed by atoms with Crippen molar-refractivity contribution in [1.82, 2.24) is 9.97 Å². The summed E-state index contributed by atoms with van der Waals surface area (Å²) >= 11 is 5.70. The minimum absolute atomic E-state index is 0.390. The summed E-state index contributed by atoms with van der Waals surface area (Å²) in [5, 5.41) is 0.390. The summed E-state index contributed by atoms with van der Waals surface area (Å²) in [7, 11) is 1.60. The van der Waals surface area contributed by atoms with E-state index in [-0.39, 0.29) is 0 Å². The number of rotatable bonds is 1. The van der Waals surface area contributed by atoms with Gasteiger partial charge in [-0.2, -0.15) is 0 Å². The highest BCUT2D eigenvalue weighted by atomic mass is 35.5. The van der Waals surface area contributed by atoms with Crippen molar-refractivity contribution >= 4 is 22.6 Å². The lowest BCUT2D eigenvalue weighted by molar-refractivity contribution is 0.419. The zero-order valence-electron chi connectivity index (χ0n) is 6.99.